The molecule has 1 rings (SSSR count). The first-order chi connectivity index (χ1) is 10.2. The summed E-state index contributed by atoms with van der Waals surface area (Å²) in [5.74, 6) is -1.10. The second-order valence-electron chi connectivity index (χ2n) is 3.88. The van der Waals surface area contributed by atoms with Crippen molar-refractivity contribution in [2.75, 3.05) is 13.7 Å². The van der Waals surface area contributed by atoms with Crippen LogP contribution in [0.15, 0.2) is 46.2 Å². The predicted molar refractivity (Wildman–Crippen MR) is 79.9 cm³/mol. The van der Waals surface area contributed by atoms with Gasteiger partial charge in [0.05, 0.1) is 31.9 Å². The molecule has 0 atom stereocenters. The Bertz CT molecular complexity index is 528. The lowest BCUT2D eigenvalue weighted by Crippen LogP contribution is -2.17. The summed E-state index contributed by atoms with van der Waals surface area (Å²) in [7, 11) is 1.24. The van der Waals surface area contributed by atoms with Crippen LogP contribution in [-0.2, 0) is 19.1 Å². The summed E-state index contributed by atoms with van der Waals surface area (Å²) in [4.78, 5) is 22.8. The fourth-order valence-electron chi connectivity index (χ4n) is 1.39. The molecular weight excluding hydrogens is 272 g/mol. The minimum absolute atomic E-state index is 0.292. The van der Waals surface area contributed by atoms with Gasteiger partial charge in [-0.05, 0) is 13.3 Å². The number of ether oxygens (including phenoxy) is 2. The molecule has 0 unspecified atom stereocenters. The van der Waals surface area contributed by atoms with Crippen LogP contribution in [0.25, 0.3) is 0 Å². The van der Waals surface area contributed by atoms with Gasteiger partial charge < -0.3 is 9.47 Å². The molecule has 0 radical (unpaired) electrons. The first-order valence-electron chi connectivity index (χ1n) is 6.38. The van der Waals surface area contributed by atoms with Crippen LogP contribution in [0.2, 0.25) is 0 Å². The summed E-state index contributed by atoms with van der Waals surface area (Å²) >= 11 is 0. The molecule has 0 heterocycles. The molecule has 0 fully saturated rings. The highest BCUT2D eigenvalue weighted by Crippen LogP contribution is 2.11. The van der Waals surface area contributed by atoms with Crippen LogP contribution in [0.5, 0.6) is 0 Å². The minimum Gasteiger partial charge on any atom is -0.465 e. The van der Waals surface area contributed by atoms with Gasteiger partial charge in [-0.15, -0.1) is 10.2 Å². The van der Waals surface area contributed by atoms with Gasteiger partial charge in [-0.1, -0.05) is 12.2 Å². The number of nitrogens with zero attached hydrogens (tertiary/aromatic N) is 2. The second-order valence-corrected chi connectivity index (χ2v) is 3.88. The molecule has 110 valence electrons. The molecule has 0 aromatic carbocycles. The van der Waals surface area contributed by atoms with Crippen molar-refractivity contribution in [2.45, 2.75) is 13.3 Å². The maximum Gasteiger partial charge on any atom is 0.398 e. The van der Waals surface area contributed by atoms with Crippen molar-refractivity contribution in [3.8, 4) is 0 Å². The van der Waals surface area contributed by atoms with E-state index in [1.807, 2.05) is 19.1 Å². The van der Waals surface area contributed by atoms with Crippen LogP contribution >= 0.6 is 0 Å². The van der Waals surface area contributed by atoms with Crippen molar-refractivity contribution < 1.29 is 19.1 Å². The number of hydrogen-bond donors (Lipinski definition) is 0. The van der Waals surface area contributed by atoms with Crippen LogP contribution in [-0.4, -0.2) is 37.6 Å². The van der Waals surface area contributed by atoms with Crippen LogP contribution in [0.4, 0.5) is 0 Å². The molecule has 0 aliphatic heterocycles. The third-order valence-corrected chi connectivity index (χ3v) is 2.41. The van der Waals surface area contributed by atoms with E-state index < -0.39 is 11.9 Å². The third-order valence-electron chi connectivity index (χ3n) is 2.41. The number of hydrogen-bond acceptors (Lipinski definition) is 6. The van der Waals surface area contributed by atoms with E-state index in [1.165, 1.54) is 7.11 Å². The Morgan fingerprint density at radius 2 is 2.24 bits per heavy atom. The summed E-state index contributed by atoms with van der Waals surface area (Å²) in [6.07, 6.45) is 12.0. The molecule has 0 aromatic rings. The van der Waals surface area contributed by atoms with Crippen LogP contribution < -0.4 is 0 Å². The summed E-state index contributed by atoms with van der Waals surface area (Å²) < 4.78 is 9.52. The maximum absolute atomic E-state index is 11.9. The van der Waals surface area contributed by atoms with Gasteiger partial charge >= 0.3 is 11.9 Å². The standard InChI is InChI=1S/C15H17N2O4/c1-3-4-7-10-21-15(19)12-8-5-6-9-13(12)17-16-11-14(18)20-2/h3-6,8-9,11H,7,10H2,1-2H3/q+1/b4-3-,16-11?,17-13+. The zero-order valence-electron chi connectivity index (χ0n) is 12.0. The molecule has 0 amide bonds. The van der Waals surface area contributed by atoms with Gasteiger partial charge in [-0.2, -0.15) is 0 Å². The lowest BCUT2D eigenvalue weighted by Gasteiger charge is -2.03. The number of carbonyl (C=O) groups is 2. The second kappa shape index (κ2) is 9.30. The monoisotopic (exact) mass is 289 g/mol. The highest BCUT2D eigenvalue weighted by Gasteiger charge is 2.25. The predicted octanol–water partition coefficient (Wildman–Crippen LogP) is 1.80. The number of allylic oxidation sites excluding steroid dienone is 4. The highest BCUT2D eigenvalue weighted by atomic mass is 16.5. The number of esters is 2. The van der Waals surface area contributed by atoms with Crippen molar-refractivity contribution in [1.82, 2.24) is 0 Å². The first-order valence-corrected chi connectivity index (χ1v) is 6.38. The lowest BCUT2D eigenvalue weighted by atomic mass is 10.0. The fraction of sp³-hybridized carbons (Fsp3) is 0.267. The van der Waals surface area contributed by atoms with Crippen molar-refractivity contribution in [1.29, 1.82) is 0 Å². The minimum atomic E-state index is -0.620. The average molecular weight is 289 g/mol. The lowest BCUT2D eigenvalue weighted by molar-refractivity contribution is -0.138. The molecule has 0 spiro atoms. The third kappa shape index (κ3) is 5.90. The van der Waals surface area contributed by atoms with Crippen LogP contribution in [0, 0.1) is 6.42 Å². The Labute approximate surface area is 123 Å². The Hall–Kier alpha value is -2.63. The van der Waals surface area contributed by atoms with E-state index in [2.05, 4.69) is 14.9 Å². The summed E-state index contributed by atoms with van der Waals surface area (Å²) in [5.41, 5.74) is 0.619. The van der Waals surface area contributed by atoms with Gasteiger partial charge in [0.15, 0.2) is 5.57 Å². The highest BCUT2D eigenvalue weighted by molar-refractivity contribution is 6.26. The largest absolute Gasteiger partial charge is 0.465 e. The molecule has 6 nitrogen and oxygen atoms in total. The zero-order chi connectivity index (χ0) is 15.5. The molecule has 21 heavy (non-hydrogen) atoms. The smallest absolute Gasteiger partial charge is 0.398 e. The van der Waals surface area contributed by atoms with E-state index in [0.717, 1.165) is 6.21 Å². The SMILES string of the molecule is C/C=C\CCOC(=O)C1=C[CH+]C=C/C1=N\N=CC(=O)OC. The van der Waals surface area contributed by atoms with Crippen molar-refractivity contribution in [2.24, 2.45) is 10.2 Å². The molecule has 1 aliphatic carbocycles. The van der Waals surface area contributed by atoms with Crippen molar-refractivity contribution >= 4 is 23.9 Å². The molecular formula is C15H17N2O4+. The van der Waals surface area contributed by atoms with Crippen LogP contribution in [0.1, 0.15) is 13.3 Å². The molecule has 0 saturated heterocycles. The Kier molecular flexibility index (Phi) is 7.28. The van der Waals surface area contributed by atoms with E-state index in [9.17, 15) is 9.59 Å². The normalized spacial score (nSPS) is 16.1. The van der Waals surface area contributed by atoms with Crippen LogP contribution in [0.3, 0.4) is 0 Å². The van der Waals surface area contributed by atoms with E-state index >= 15 is 0 Å². The van der Waals surface area contributed by atoms with Gasteiger partial charge in [0.2, 0.25) is 5.71 Å². The summed E-state index contributed by atoms with van der Waals surface area (Å²) in [5, 5.41) is 7.39. The van der Waals surface area contributed by atoms with Gasteiger partial charge in [0.1, 0.15) is 6.21 Å². The van der Waals surface area contributed by atoms with E-state index in [4.69, 9.17) is 4.74 Å². The van der Waals surface area contributed by atoms with E-state index in [0.29, 0.717) is 24.3 Å². The van der Waals surface area contributed by atoms with Crippen molar-refractivity contribution in [3.05, 3.63) is 42.4 Å². The molecule has 0 N–H and O–H groups in total. The first kappa shape index (κ1) is 16.4. The Balaban J connectivity index is 2.68. The summed E-state index contributed by atoms with van der Waals surface area (Å²) in [6.45, 7) is 2.19. The van der Waals surface area contributed by atoms with Gasteiger partial charge in [-0.25, -0.2) is 9.59 Å². The molecule has 1 aliphatic rings. The van der Waals surface area contributed by atoms with Gasteiger partial charge in [0.25, 0.3) is 0 Å². The average Bonchev–Trinajstić information content (AvgIpc) is 2.51. The molecule has 0 saturated carbocycles. The number of methoxy groups -OCH3 is 1. The quantitative estimate of drug-likeness (QED) is 0.186. The van der Waals surface area contributed by atoms with Gasteiger partial charge in [-0.3, -0.25) is 0 Å². The Morgan fingerprint density at radius 3 is 2.95 bits per heavy atom. The Morgan fingerprint density at radius 1 is 1.43 bits per heavy atom. The van der Waals surface area contributed by atoms with E-state index in [-0.39, 0.29) is 0 Å². The zero-order valence-corrected chi connectivity index (χ0v) is 12.0. The molecule has 0 aromatic heterocycles. The number of carbonyl (C=O) groups excluding carboxylic acids is 2. The van der Waals surface area contributed by atoms with Crippen molar-refractivity contribution in [3.63, 3.8) is 0 Å². The number of rotatable bonds is 6. The van der Waals surface area contributed by atoms with Gasteiger partial charge in [0, 0.05) is 6.42 Å². The molecule has 6 heteroatoms. The maximum atomic E-state index is 11.9. The molecule has 0 bridgehead atoms. The topological polar surface area (TPSA) is 77.3 Å². The van der Waals surface area contributed by atoms with E-state index in [1.54, 1.807) is 24.6 Å². The fourth-order valence-corrected chi connectivity index (χ4v) is 1.39. The summed E-state index contributed by atoms with van der Waals surface area (Å²) in [6, 6.07) is 0.